The van der Waals surface area contributed by atoms with Gasteiger partial charge in [0.2, 0.25) is 17.7 Å². The summed E-state index contributed by atoms with van der Waals surface area (Å²) in [4.78, 5) is 36.9. The summed E-state index contributed by atoms with van der Waals surface area (Å²) in [6, 6.07) is 4.96. The topological polar surface area (TPSA) is 92.5 Å². The fourth-order valence-corrected chi connectivity index (χ4v) is 2.65. The number of imide groups is 1. The second kappa shape index (κ2) is 5.85. The van der Waals surface area contributed by atoms with Gasteiger partial charge in [0, 0.05) is 22.0 Å². The van der Waals surface area contributed by atoms with Gasteiger partial charge in [-0.2, -0.15) is 0 Å². The van der Waals surface area contributed by atoms with Crippen molar-refractivity contribution in [1.82, 2.24) is 4.90 Å². The number of nitrogens with one attached hydrogen (secondary N) is 1. The lowest BCUT2D eigenvalue weighted by Crippen LogP contribution is -2.38. The van der Waals surface area contributed by atoms with Crippen LogP contribution in [0.2, 0.25) is 0 Å². The standard InChI is InChI=1S/C14H16BrN3O3/c1-7-8(2)14(21)18(13(7)20)6-12(19)17-11-4-3-9(16)5-10(11)15/h3-5,7-8H,6,16H2,1-2H3,(H,17,19). The number of rotatable bonds is 3. The van der Waals surface area contributed by atoms with Crippen molar-refractivity contribution < 1.29 is 14.4 Å². The number of benzene rings is 1. The number of hydrogen-bond donors (Lipinski definition) is 2. The van der Waals surface area contributed by atoms with Crippen LogP contribution in [0.1, 0.15) is 13.8 Å². The van der Waals surface area contributed by atoms with Crippen LogP contribution in [-0.4, -0.2) is 29.2 Å². The Bertz CT molecular complexity index is 597. The van der Waals surface area contributed by atoms with Crippen molar-refractivity contribution in [3.05, 3.63) is 22.7 Å². The minimum Gasteiger partial charge on any atom is -0.399 e. The molecule has 0 radical (unpaired) electrons. The van der Waals surface area contributed by atoms with Crippen molar-refractivity contribution in [3.8, 4) is 0 Å². The molecule has 7 heteroatoms. The quantitative estimate of drug-likeness (QED) is 0.637. The van der Waals surface area contributed by atoms with Gasteiger partial charge in [-0.1, -0.05) is 13.8 Å². The van der Waals surface area contributed by atoms with Gasteiger partial charge in [-0.3, -0.25) is 19.3 Å². The Morgan fingerprint density at radius 3 is 2.38 bits per heavy atom. The van der Waals surface area contributed by atoms with Crippen LogP contribution >= 0.6 is 15.9 Å². The summed E-state index contributed by atoms with van der Waals surface area (Å²) in [5.74, 6) is -1.80. The van der Waals surface area contributed by atoms with Gasteiger partial charge in [0.1, 0.15) is 6.54 Å². The first-order chi connectivity index (χ1) is 9.81. The van der Waals surface area contributed by atoms with E-state index >= 15 is 0 Å². The maximum Gasteiger partial charge on any atom is 0.244 e. The Morgan fingerprint density at radius 1 is 1.29 bits per heavy atom. The SMILES string of the molecule is CC1C(=O)N(CC(=O)Nc2ccc(N)cc2Br)C(=O)C1C. The summed E-state index contributed by atoms with van der Waals surface area (Å²) in [5, 5.41) is 2.65. The molecule has 6 nitrogen and oxygen atoms in total. The summed E-state index contributed by atoms with van der Waals surface area (Å²) >= 11 is 3.29. The first-order valence-electron chi connectivity index (χ1n) is 6.51. The predicted molar refractivity (Wildman–Crippen MR) is 82.2 cm³/mol. The highest BCUT2D eigenvalue weighted by atomic mass is 79.9. The van der Waals surface area contributed by atoms with Gasteiger partial charge < -0.3 is 11.1 Å². The molecule has 0 aliphatic carbocycles. The lowest BCUT2D eigenvalue weighted by atomic mass is 10.00. The molecule has 2 atom stereocenters. The number of hydrogen-bond acceptors (Lipinski definition) is 4. The van der Waals surface area contributed by atoms with Gasteiger partial charge in [-0.15, -0.1) is 0 Å². The summed E-state index contributed by atoms with van der Waals surface area (Å²) < 4.78 is 0.636. The van der Waals surface area contributed by atoms with Gasteiger partial charge in [0.25, 0.3) is 0 Å². The summed E-state index contributed by atoms with van der Waals surface area (Å²) in [6.45, 7) is 3.11. The van der Waals surface area contributed by atoms with Crippen LogP contribution in [0.5, 0.6) is 0 Å². The zero-order valence-electron chi connectivity index (χ0n) is 11.7. The number of halogens is 1. The average molecular weight is 354 g/mol. The maximum atomic E-state index is 12.0. The number of nitrogens with zero attached hydrogens (tertiary/aromatic N) is 1. The zero-order valence-corrected chi connectivity index (χ0v) is 13.3. The molecule has 2 unspecified atom stereocenters. The van der Waals surface area contributed by atoms with Gasteiger partial charge in [0.15, 0.2) is 0 Å². The number of amides is 3. The normalized spacial score (nSPS) is 21.8. The molecule has 3 N–H and O–H groups in total. The maximum absolute atomic E-state index is 12.0. The van der Waals surface area contributed by atoms with Crippen molar-refractivity contribution in [2.24, 2.45) is 11.8 Å². The van der Waals surface area contributed by atoms with E-state index in [1.165, 1.54) is 0 Å². The minimum absolute atomic E-state index is 0.275. The molecule has 1 aliphatic rings. The molecule has 21 heavy (non-hydrogen) atoms. The van der Waals surface area contributed by atoms with Crippen LogP contribution < -0.4 is 11.1 Å². The van der Waals surface area contributed by atoms with Crippen molar-refractivity contribution in [2.45, 2.75) is 13.8 Å². The second-order valence-electron chi connectivity index (χ2n) is 5.13. The molecule has 1 aliphatic heterocycles. The Labute approximate surface area is 130 Å². The predicted octanol–water partition coefficient (Wildman–Crippen LogP) is 1.61. The molecule has 3 amide bonds. The molecule has 1 heterocycles. The Kier molecular flexibility index (Phi) is 4.32. The summed E-state index contributed by atoms with van der Waals surface area (Å²) in [6.07, 6.45) is 0. The van der Waals surface area contributed by atoms with E-state index in [1.807, 2.05) is 0 Å². The van der Waals surface area contributed by atoms with Crippen LogP contribution in [0.4, 0.5) is 11.4 Å². The summed E-state index contributed by atoms with van der Waals surface area (Å²) in [5.41, 5.74) is 6.72. The van der Waals surface area contributed by atoms with Gasteiger partial charge in [0.05, 0.1) is 5.69 Å². The lowest BCUT2D eigenvalue weighted by molar-refractivity contribution is -0.142. The average Bonchev–Trinajstić information content (AvgIpc) is 2.60. The number of carbonyl (C=O) groups is 3. The molecule has 112 valence electrons. The number of anilines is 2. The van der Waals surface area contributed by atoms with Crippen molar-refractivity contribution in [3.63, 3.8) is 0 Å². The summed E-state index contributed by atoms with van der Waals surface area (Å²) in [7, 11) is 0. The highest BCUT2D eigenvalue weighted by Crippen LogP contribution is 2.26. The fourth-order valence-electron chi connectivity index (χ4n) is 2.15. The number of nitrogen functional groups attached to an aromatic ring is 1. The largest absolute Gasteiger partial charge is 0.399 e. The van der Waals surface area contributed by atoms with Gasteiger partial charge in [-0.05, 0) is 34.1 Å². The van der Waals surface area contributed by atoms with E-state index in [1.54, 1.807) is 32.0 Å². The first kappa shape index (κ1) is 15.5. The molecule has 0 spiro atoms. The molecule has 2 rings (SSSR count). The second-order valence-corrected chi connectivity index (χ2v) is 5.98. The van der Waals surface area contributed by atoms with E-state index in [0.717, 1.165) is 4.90 Å². The monoisotopic (exact) mass is 353 g/mol. The van der Waals surface area contributed by atoms with E-state index in [-0.39, 0.29) is 30.2 Å². The smallest absolute Gasteiger partial charge is 0.244 e. The molecular formula is C14H16BrN3O3. The molecular weight excluding hydrogens is 338 g/mol. The lowest BCUT2D eigenvalue weighted by Gasteiger charge is -2.15. The van der Waals surface area contributed by atoms with E-state index in [0.29, 0.717) is 15.8 Å². The third-order valence-electron chi connectivity index (χ3n) is 3.63. The van der Waals surface area contributed by atoms with E-state index in [2.05, 4.69) is 21.2 Å². The van der Waals surface area contributed by atoms with Crippen LogP contribution in [0.25, 0.3) is 0 Å². The van der Waals surface area contributed by atoms with Crippen LogP contribution in [-0.2, 0) is 14.4 Å². The Balaban J connectivity index is 2.05. The van der Waals surface area contributed by atoms with Gasteiger partial charge in [-0.25, -0.2) is 0 Å². The Hall–Kier alpha value is -1.89. The molecule has 0 bridgehead atoms. The highest BCUT2D eigenvalue weighted by molar-refractivity contribution is 9.10. The molecule has 1 fully saturated rings. The molecule has 0 saturated carbocycles. The number of likely N-dealkylation sites (tertiary alicyclic amines) is 1. The van der Waals surface area contributed by atoms with Crippen molar-refractivity contribution >= 4 is 45.0 Å². The zero-order chi connectivity index (χ0) is 15.7. The van der Waals surface area contributed by atoms with Crippen LogP contribution in [0.15, 0.2) is 22.7 Å². The van der Waals surface area contributed by atoms with Gasteiger partial charge >= 0.3 is 0 Å². The van der Waals surface area contributed by atoms with Crippen molar-refractivity contribution in [1.29, 1.82) is 0 Å². The molecule has 1 aromatic rings. The fraction of sp³-hybridized carbons (Fsp3) is 0.357. The van der Waals surface area contributed by atoms with E-state index in [4.69, 9.17) is 5.73 Å². The number of carbonyl (C=O) groups excluding carboxylic acids is 3. The van der Waals surface area contributed by atoms with Crippen LogP contribution in [0, 0.1) is 11.8 Å². The minimum atomic E-state index is -0.427. The first-order valence-corrected chi connectivity index (χ1v) is 7.30. The number of nitrogens with two attached hydrogens (primary N) is 1. The van der Waals surface area contributed by atoms with Crippen molar-refractivity contribution in [2.75, 3.05) is 17.6 Å². The molecule has 0 aromatic heterocycles. The van der Waals surface area contributed by atoms with E-state index in [9.17, 15) is 14.4 Å². The third-order valence-corrected chi connectivity index (χ3v) is 4.29. The molecule has 1 aromatic carbocycles. The van der Waals surface area contributed by atoms with Crippen LogP contribution in [0.3, 0.4) is 0 Å². The third kappa shape index (κ3) is 3.07. The molecule has 1 saturated heterocycles. The van der Waals surface area contributed by atoms with E-state index < -0.39 is 5.91 Å². The highest BCUT2D eigenvalue weighted by Gasteiger charge is 2.42. The Morgan fingerprint density at radius 2 is 1.86 bits per heavy atom.